The summed E-state index contributed by atoms with van der Waals surface area (Å²) < 4.78 is 16.0. The number of aromatic nitrogens is 3. The first-order valence-corrected chi connectivity index (χ1v) is 10.9. The summed E-state index contributed by atoms with van der Waals surface area (Å²) in [5.74, 6) is 2.41. The topological polar surface area (TPSA) is 90.6 Å². The highest BCUT2D eigenvalue weighted by Crippen LogP contribution is 2.32. The number of rotatable bonds is 8. The lowest BCUT2D eigenvalue weighted by molar-refractivity contribution is -0.135. The lowest BCUT2D eigenvalue weighted by Crippen LogP contribution is -2.38. The van der Waals surface area contributed by atoms with Gasteiger partial charge in [0.15, 0.2) is 11.5 Å². The number of benzene rings is 1. The van der Waals surface area contributed by atoms with Crippen LogP contribution in [0.3, 0.4) is 0 Å². The number of aryl methyl sites for hydroxylation is 1. The van der Waals surface area contributed by atoms with Gasteiger partial charge in [-0.25, -0.2) is 0 Å². The van der Waals surface area contributed by atoms with E-state index in [2.05, 4.69) is 21.2 Å². The quantitative estimate of drug-likeness (QED) is 0.522. The second-order valence-corrected chi connectivity index (χ2v) is 7.82. The van der Waals surface area contributed by atoms with Crippen LogP contribution >= 0.6 is 0 Å². The molecule has 0 spiro atoms. The molecular formula is C24H28N4O4. The van der Waals surface area contributed by atoms with Gasteiger partial charge in [-0.1, -0.05) is 11.2 Å². The van der Waals surface area contributed by atoms with Gasteiger partial charge in [0.05, 0.1) is 20.3 Å². The van der Waals surface area contributed by atoms with Gasteiger partial charge in [0.25, 0.3) is 0 Å². The molecule has 3 aromatic rings. The molecule has 2 aromatic heterocycles. The first-order valence-electron chi connectivity index (χ1n) is 10.9. The van der Waals surface area contributed by atoms with Crippen molar-refractivity contribution in [2.75, 3.05) is 20.8 Å². The van der Waals surface area contributed by atoms with Crippen molar-refractivity contribution in [3.8, 4) is 22.9 Å². The van der Waals surface area contributed by atoms with Crippen molar-refractivity contribution in [3.63, 3.8) is 0 Å². The van der Waals surface area contributed by atoms with Crippen LogP contribution in [0.1, 0.15) is 49.6 Å². The van der Waals surface area contributed by atoms with E-state index in [9.17, 15) is 4.79 Å². The van der Waals surface area contributed by atoms with E-state index in [1.54, 1.807) is 26.5 Å². The fourth-order valence-corrected chi connectivity index (χ4v) is 4.13. The molecule has 1 atom stereocenters. The molecule has 8 heteroatoms. The molecule has 0 saturated carbocycles. The highest BCUT2D eigenvalue weighted by atomic mass is 16.5. The average Bonchev–Trinajstić information content (AvgIpc) is 3.33. The summed E-state index contributed by atoms with van der Waals surface area (Å²) in [5.41, 5.74) is 1.89. The molecule has 0 bridgehead atoms. The maximum Gasteiger partial charge on any atom is 0.226 e. The minimum absolute atomic E-state index is 0.116. The standard InChI is InChI=1S/C24H28N4O4/c1-30-20-12-11-17(15-21(20)31-2)24-26-22(32-27-24)9-5-10-23(29)28-14-4-3-8-19(28)18-7-6-13-25-16-18/h6-7,11-13,15-16,19H,3-5,8-10,14H2,1-2H3. The third-order valence-electron chi connectivity index (χ3n) is 5.78. The maximum absolute atomic E-state index is 12.9. The molecule has 8 nitrogen and oxygen atoms in total. The number of hydrogen-bond acceptors (Lipinski definition) is 7. The summed E-state index contributed by atoms with van der Waals surface area (Å²) in [4.78, 5) is 23.6. The van der Waals surface area contributed by atoms with E-state index >= 15 is 0 Å². The van der Waals surface area contributed by atoms with E-state index in [-0.39, 0.29) is 11.9 Å². The Hall–Kier alpha value is -3.42. The van der Waals surface area contributed by atoms with Gasteiger partial charge in [-0.05, 0) is 55.5 Å². The fraction of sp³-hybridized carbons (Fsp3) is 0.417. The Bertz CT molecular complexity index is 1040. The Morgan fingerprint density at radius 2 is 2.06 bits per heavy atom. The number of hydrogen-bond donors (Lipinski definition) is 0. The molecule has 3 heterocycles. The van der Waals surface area contributed by atoms with Crippen molar-refractivity contribution < 1.29 is 18.8 Å². The van der Waals surface area contributed by atoms with Gasteiger partial charge in [0.2, 0.25) is 17.6 Å². The van der Waals surface area contributed by atoms with Gasteiger partial charge in [-0.3, -0.25) is 9.78 Å². The van der Waals surface area contributed by atoms with E-state index in [4.69, 9.17) is 14.0 Å². The summed E-state index contributed by atoms with van der Waals surface area (Å²) >= 11 is 0. The van der Waals surface area contributed by atoms with E-state index in [0.717, 1.165) is 36.9 Å². The Morgan fingerprint density at radius 1 is 1.19 bits per heavy atom. The molecule has 1 unspecified atom stereocenters. The van der Waals surface area contributed by atoms with Crippen molar-refractivity contribution in [3.05, 3.63) is 54.2 Å². The van der Waals surface area contributed by atoms with Crippen LogP contribution in [0, 0.1) is 0 Å². The number of likely N-dealkylation sites (tertiary alicyclic amines) is 1. The Kier molecular flexibility index (Phi) is 6.99. The number of piperidine rings is 1. The Labute approximate surface area is 187 Å². The minimum Gasteiger partial charge on any atom is -0.493 e. The Morgan fingerprint density at radius 3 is 2.84 bits per heavy atom. The normalized spacial score (nSPS) is 16.1. The summed E-state index contributed by atoms with van der Waals surface area (Å²) in [6.45, 7) is 0.794. The maximum atomic E-state index is 12.9. The zero-order valence-corrected chi connectivity index (χ0v) is 18.5. The number of carbonyl (C=O) groups is 1. The van der Waals surface area contributed by atoms with Crippen LogP contribution in [-0.2, 0) is 11.2 Å². The van der Waals surface area contributed by atoms with Gasteiger partial charge >= 0.3 is 0 Å². The first-order chi connectivity index (χ1) is 15.7. The molecule has 0 aliphatic carbocycles. The van der Waals surface area contributed by atoms with E-state index in [0.29, 0.717) is 42.5 Å². The summed E-state index contributed by atoms with van der Waals surface area (Å²) in [5, 5.41) is 4.07. The molecule has 32 heavy (non-hydrogen) atoms. The molecule has 4 rings (SSSR count). The van der Waals surface area contributed by atoms with Crippen LogP contribution in [0.4, 0.5) is 0 Å². The van der Waals surface area contributed by atoms with Crippen LogP contribution in [0.2, 0.25) is 0 Å². The van der Waals surface area contributed by atoms with Gasteiger partial charge in [-0.15, -0.1) is 0 Å². The molecule has 1 aliphatic rings. The van der Waals surface area contributed by atoms with Crippen molar-refractivity contribution in [1.29, 1.82) is 0 Å². The molecule has 168 valence electrons. The predicted molar refractivity (Wildman–Crippen MR) is 118 cm³/mol. The van der Waals surface area contributed by atoms with Crippen LogP contribution in [0.15, 0.2) is 47.2 Å². The molecule has 1 saturated heterocycles. The number of pyridine rings is 1. The summed E-state index contributed by atoms with van der Waals surface area (Å²) in [6, 6.07) is 9.57. The molecular weight excluding hydrogens is 408 g/mol. The fourth-order valence-electron chi connectivity index (χ4n) is 4.13. The average molecular weight is 437 g/mol. The van der Waals surface area contributed by atoms with Gasteiger partial charge in [0, 0.05) is 37.3 Å². The third-order valence-corrected chi connectivity index (χ3v) is 5.78. The highest BCUT2D eigenvalue weighted by Gasteiger charge is 2.27. The summed E-state index contributed by atoms with van der Waals surface area (Å²) in [7, 11) is 3.18. The Balaban J connectivity index is 1.35. The molecule has 1 aliphatic heterocycles. The van der Waals surface area contributed by atoms with Crippen LogP contribution in [0.25, 0.3) is 11.4 Å². The largest absolute Gasteiger partial charge is 0.493 e. The van der Waals surface area contributed by atoms with E-state index < -0.39 is 0 Å². The van der Waals surface area contributed by atoms with Crippen LogP contribution in [0.5, 0.6) is 11.5 Å². The lowest BCUT2D eigenvalue weighted by atomic mass is 9.96. The molecule has 1 aromatic carbocycles. The van der Waals surface area contributed by atoms with Crippen molar-refractivity contribution in [1.82, 2.24) is 20.0 Å². The summed E-state index contributed by atoms with van der Waals surface area (Å²) in [6.07, 6.45) is 8.44. The SMILES string of the molecule is COc1ccc(-c2noc(CCCC(=O)N3CCCCC3c3cccnc3)n2)cc1OC. The highest BCUT2D eigenvalue weighted by molar-refractivity contribution is 5.76. The van der Waals surface area contributed by atoms with E-state index in [1.165, 1.54) is 0 Å². The number of methoxy groups -OCH3 is 2. The van der Waals surface area contributed by atoms with Crippen molar-refractivity contribution in [2.24, 2.45) is 0 Å². The minimum atomic E-state index is 0.116. The molecule has 0 radical (unpaired) electrons. The molecule has 1 fully saturated rings. The van der Waals surface area contributed by atoms with Gasteiger partial charge in [-0.2, -0.15) is 4.98 Å². The second kappa shape index (κ2) is 10.3. The van der Waals surface area contributed by atoms with Gasteiger partial charge < -0.3 is 18.9 Å². The van der Waals surface area contributed by atoms with Crippen LogP contribution in [-0.4, -0.2) is 46.7 Å². The monoisotopic (exact) mass is 436 g/mol. The van der Waals surface area contributed by atoms with Gasteiger partial charge in [0.1, 0.15) is 0 Å². The number of carbonyl (C=O) groups excluding carboxylic acids is 1. The number of nitrogens with zero attached hydrogens (tertiary/aromatic N) is 4. The number of ether oxygens (including phenoxy) is 2. The molecule has 0 N–H and O–H groups in total. The number of amides is 1. The second-order valence-electron chi connectivity index (χ2n) is 7.82. The van der Waals surface area contributed by atoms with E-state index in [1.807, 2.05) is 29.3 Å². The lowest BCUT2D eigenvalue weighted by Gasteiger charge is -2.36. The predicted octanol–water partition coefficient (Wildman–Crippen LogP) is 4.23. The smallest absolute Gasteiger partial charge is 0.226 e. The third kappa shape index (κ3) is 4.90. The molecule has 1 amide bonds. The van der Waals surface area contributed by atoms with Crippen molar-refractivity contribution >= 4 is 5.91 Å². The first kappa shape index (κ1) is 21.8. The zero-order chi connectivity index (χ0) is 22.3. The van der Waals surface area contributed by atoms with Crippen molar-refractivity contribution in [2.45, 2.75) is 44.6 Å². The van der Waals surface area contributed by atoms with Crippen LogP contribution < -0.4 is 9.47 Å². The zero-order valence-electron chi connectivity index (χ0n) is 18.5.